The van der Waals surface area contributed by atoms with E-state index in [0.717, 1.165) is 12.8 Å². The predicted octanol–water partition coefficient (Wildman–Crippen LogP) is 4.25. The number of halogens is 3. The molecule has 0 radical (unpaired) electrons. The maximum absolute atomic E-state index is 13.3. The topological polar surface area (TPSA) is 29.1 Å². The van der Waals surface area contributed by atoms with E-state index in [2.05, 4.69) is 5.32 Å². The fourth-order valence-corrected chi connectivity index (χ4v) is 2.07. The smallest absolute Gasteiger partial charge is 0.252 e. The molecule has 0 unspecified atom stereocenters. The summed E-state index contributed by atoms with van der Waals surface area (Å²) in [7, 11) is 0. The van der Waals surface area contributed by atoms with Crippen LogP contribution in [-0.2, 0) is 0 Å². The highest BCUT2D eigenvalue weighted by molar-refractivity contribution is 6.34. The summed E-state index contributed by atoms with van der Waals surface area (Å²) in [5.74, 6) is -0.341. The first-order chi connectivity index (χ1) is 8.87. The van der Waals surface area contributed by atoms with Crippen LogP contribution in [0.1, 0.15) is 37.0 Å². The Labute approximate surface area is 123 Å². The van der Waals surface area contributed by atoms with E-state index < -0.39 is 5.82 Å². The van der Waals surface area contributed by atoms with E-state index in [-0.39, 0.29) is 21.9 Å². The average Bonchev–Trinajstić information content (AvgIpc) is 2.37. The maximum atomic E-state index is 13.3. The van der Waals surface area contributed by atoms with Crippen LogP contribution in [0.25, 0.3) is 0 Å². The third-order valence-corrected chi connectivity index (χ3v) is 3.56. The van der Waals surface area contributed by atoms with Gasteiger partial charge in [-0.3, -0.25) is 4.79 Å². The standard InChI is InChI=1S/C14H18Cl2FNO/c1-14(2,7-4-8-15)9-18-13(19)10-5-3-6-11(17)12(10)16/h3,5-6H,4,7-9H2,1-2H3,(H,18,19). The van der Waals surface area contributed by atoms with Crippen molar-refractivity contribution < 1.29 is 9.18 Å². The zero-order valence-corrected chi connectivity index (χ0v) is 12.6. The quantitative estimate of drug-likeness (QED) is 0.782. The monoisotopic (exact) mass is 305 g/mol. The van der Waals surface area contributed by atoms with Crippen molar-refractivity contribution in [3.63, 3.8) is 0 Å². The van der Waals surface area contributed by atoms with E-state index >= 15 is 0 Å². The first kappa shape index (κ1) is 16.3. The van der Waals surface area contributed by atoms with Gasteiger partial charge in [0.1, 0.15) is 5.82 Å². The van der Waals surface area contributed by atoms with Crippen molar-refractivity contribution in [1.82, 2.24) is 5.32 Å². The van der Waals surface area contributed by atoms with Gasteiger partial charge in [-0.15, -0.1) is 11.6 Å². The minimum atomic E-state index is -0.587. The molecule has 1 amide bonds. The molecule has 0 aromatic heterocycles. The number of hydrogen-bond acceptors (Lipinski definition) is 1. The third kappa shape index (κ3) is 5.00. The Morgan fingerprint density at radius 2 is 2.11 bits per heavy atom. The number of nitrogens with one attached hydrogen (secondary N) is 1. The van der Waals surface area contributed by atoms with Gasteiger partial charge in [-0.25, -0.2) is 4.39 Å². The van der Waals surface area contributed by atoms with Crippen molar-refractivity contribution in [2.45, 2.75) is 26.7 Å². The molecule has 0 aliphatic heterocycles. The molecule has 106 valence electrons. The Morgan fingerprint density at radius 3 is 2.74 bits per heavy atom. The molecular weight excluding hydrogens is 288 g/mol. The lowest BCUT2D eigenvalue weighted by Gasteiger charge is -2.24. The predicted molar refractivity (Wildman–Crippen MR) is 77.5 cm³/mol. The van der Waals surface area contributed by atoms with Crippen molar-refractivity contribution in [2.24, 2.45) is 5.41 Å². The van der Waals surface area contributed by atoms with Crippen LogP contribution in [0.5, 0.6) is 0 Å². The largest absolute Gasteiger partial charge is 0.351 e. The second-order valence-corrected chi connectivity index (χ2v) is 6.00. The van der Waals surface area contributed by atoms with Crippen LogP contribution in [0, 0.1) is 11.2 Å². The molecule has 0 fully saturated rings. The highest BCUT2D eigenvalue weighted by atomic mass is 35.5. The van der Waals surface area contributed by atoms with Gasteiger partial charge in [0.15, 0.2) is 0 Å². The molecule has 2 nitrogen and oxygen atoms in total. The molecule has 19 heavy (non-hydrogen) atoms. The highest BCUT2D eigenvalue weighted by Gasteiger charge is 2.20. The Bertz CT molecular complexity index is 449. The van der Waals surface area contributed by atoms with Gasteiger partial charge >= 0.3 is 0 Å². The van der Waals surface area contributed by atoms with Crippen LogP contribution < -0.4 is 5.32 Å². The molecule has 0 spiro atoms. The lowest BCUT2D eigenvalue weighted by molar-refractivity contribution is 0.0934. The van der Waals surface area contributed by atoms with Gasteiger partial charge in [-0.1, -0.05) is 31.5 Å². The zero-order chi connectivity index (χ0) is 14.5. The Morgan fingerprint density at radius 1 is 1.42 bits per heavy atom. The lowest BCUT2D eigenvalue weighted by atomic mass is 9.88. The van der Waals surface area contributed by atoms with Gasteiger partial charge in [0, 0.05) is 12.4 Å². The van der Waals surface area contributed by atoms with Gasteiger partial charge in [0.25, 0.3) is 5.91 Å². The number of carbonyl (C=O) groups is 1. The van der Waals surface area contributed by atoms with Crippen LogP contribution in [0.4, 0.5) is 4.39 Å². The molecule has 1 N–H and O–H groups in total. The number of rotatable bonds is 6. The molecule has 0 atom stereocenters. The third-order valence-electron chi connectivity index (χ3n) is 2.91. The second kappa shape index (κ2) is 7.11. The molecule has 1 aromatic carbocycles. The fraction of sp³-hybridized carbons (Fsp3) is 0.500. The normalized spacial score (nSPS) is 11.4. The Kier molecular flexibility index (Phi) is 6.08. The Balaban J connectivity index is 2.63. The van der Waals surface area contributed by atoms with Gasteiger partial charge in [0.2, 0.25) is 0 Å². The van der Waals surface area contributed by atoms with Crippen LogP contribution in [-0.4, -0.2) is 18.3 Å². The summed E-state index contributed by atoms with van der Waals surface area (Å²) >= 11 is 11.4. The maximum Gasteiger partial charge on any atom is 0.252 e. The first-order valence-electron chi connectivity index (χ1n) is 6.15. The summed E-state index contributed by atoms with van der Waals surface area (Å²) in [6.07, 6.45) is 1.80. The fourth-order valence-electron chi connectivity index (χ4n) is 1.73. The first-order valence-corrected chi connectivity index (χ1v) is 7.07. The second-order valence-electron chi connectivity index (χ2n) is 5.24. The number of benzene rings is 1. The summed E-state index contributed by atoms with van der Waals surface area (Å²) < 4.78 is 13.3. The molecule has 1 rings (SSSR count). The van der Waals surface area contributed by atoms with E-state index in [1.807, 2.05) is 13.8 Å². The van der Waals surface area contributed by atoms with Crippen molar-refractivity contribution in [2.75, 3.05) is 12.4 Å². The minimum absolute atomic E-state index is 0.0512. The molecule has 1 aromatic rings. The van der Waals surface area contributed by atoms with Gasteiger partial charge in [-0.2, -0.15) is 0 Å². The zero-order valence-electron chi connectivity index (χ0n) is 11.1. The van der Waals surface area contributed by atoms with Crippen molar-refractivity contribution in [1.29, 1.82) is 0 Å². The summed E-state index contributed by atoms with van der Waals surface area (Å²) in [5, 5.41) is 2.64. The minimum Gasteiger partial charge on any atom is -0.351 e. The molecule has 0 heterocycles. The molecule has 0 bridgehead atoms. The highest BCUT2D eigenvalue weighted by Crippen LogP contribution is 2.23. The molecule has 0 aliphatic rings. The van der Waals surface area contributed by atoms with E-state index in [9.17, 15) is 9.18 Å². The molecule has 5 heteroatoms. The summed E-state index contributed by atoms with van der Waals surface area (Å²) in [5.41, 5.74) is 0.111. The number of amides is 1. The van der Waals surface area contributed by atoms with Gasteiger partial charge in [0.05, 0.1) is 10.6 Å². The molecular formula is C14H18Cl2FNO. The average molecular weight is 306 g/mol. The SMILES string of the molecule is CC(C)(CCCCl)CNC(=O)c1cccc(F)c1Cl. The number of hydrogen-bond donors (Lipinski definition) is 1. The summed E-state index contributed by atoms with van der Waals surface area (Å²) in [6.45, 7) is 4.59. The Hall–Kier alpha value is -0.800. The van der Waals surface area contributed by atoms with Crippen molar-refractivity contribution >= 4 is 29.1 Å². The van der Waals surface area contributed by atoms with Crippen molar-refractivity contribution in [3.8, 4) is 0 Å². The van der Waals surface area contributed by atoms with Crippen LogP contribution in [0.15, 0.2) is 18.2 Å². The molecule has 0 saturated heterocycles. The molecule has 0 saturated carbocycles. The van der Waals surface area contributed by atoms with Crippen LogP contribution in [0.2, 0.25) is 5.02 Å². The van der Waals surface area contributed by atoms with Gasteiger partial charge < -0.3 is 5.32 Å². The van der Waals surface area contributed by atoms with E-state index in [0.29, 0.717) is 12.4 Å². The molecule has 0 aliphatic carbocycles. The number of carbonyl (C=O) groups excluding carboxylic acids is 1. The van der Waals surface area contributed by atoms with Crippen LogP contribution >= 0.6 is 23.2 Å². The van der Waals surface area contributed by atoms with E-state index in [1.165, 1.54) is 18.2 Å². The van der Waals surface area contributed by atoms with E-state index in [4.69, 9.17) is 23.2 Å². The lowest BCUT2D eigenvalue weighted by Crippen LogP contribution is -2.34. The summed E-state index contributed by atoms with van der Waals surface area (Å²) in [4.78, 5) is 11.9. The van der Waals surface area contributed by atoms with Crippen molar-refractivity contribution in [3.05, 3.63) is 34.6 Å². The summed E-state index contributed by atoms with van der Waals surface area (Å²) in [6, 6.07) is 4.20. The van der Waals surface area contributed by atoms with Gasteiger partial charge in [-0.05, 0) is 30.4 Å². The number of alkyl halides is 1. The van der Waals surface area contributed by atoms with Crippen LogP contribution in [0.3, 0.4) is 0 Å². The van der Waals surface area contributed by atoms with E-state index in [1.54, 1.807) is 0 Å².